The van der Waals surface area contributed by atoms with Crippen LogP contribution in [0.25, 0.3) is 6.08 Å². The van der Waals surface area contributed by atoms with E-state index in [-0.39, 0.29) is 29.7 Å². The number of hydrogen-bond acceptors (Lipinski definition) is 6. The summed E-state index contributed by atoms with van der Waals surface area (Å²) in [6.07, 6.45) is 1.58. The van der Waals surface area contributed by atoms with Gasteiger partial charge in [-0.15, -0.1) is 0 Å². The predicted octanol–water partition coefficient (Wildman–Crippen LogP) is 7.25. The molecule has 0 bridgehead atoms. The lowest BCUT2D eigenvalue weighted by atomic mass is 10.1. The molecular formula is C27H20Br2FNO5S. The minimum atomic E-state index is -0.536. The highest BCUT2D eigenvalue weighted by Crippen LogP contribution is 2.39. The quantitative estimate of drug-likeness (QED) is 0.180. The van der Waals surface area contributed by atoms with Gasteiger partial charge >= 0.3 is 0 Å². The molecule has 10 heteroatoms. The first-order valence-corrected chi connectivity index (χ1v) is 13.5. The second-order valence-corrected chi connectivity index (χ2v) is 10.6. The summed E-state index contributed by atoms with van der Waals surface area (Å²) < 4.78 is 26.3. The molecule has 2 amide bonds. The first-order chi connectivity index (χ1) is 17.7. The molecule has 190 valence electrons. The van der Waals surface area contributed by atoms with Crippen LogP contribution in [0, 0.1) is 5.82 Å². The van der Waals surface area contributed by atoms with Crippen LogP contribution in [0.4, 0.5) is 9.18 Å². The van der Waals surface area contributed by atoms with E-state index in [0.29, 0.717) is 33.7 Å². The molecule has 0 aromatic heterocycles. The highest BCUT2D eigenvalue weighted by molar-refractivity contribution is 9.10. The Bertz CT molecular complexity index is 1380. The predicted molar refractivity (Wildman–Crippen MR) is 147 cm³/mol. The molecule has 0 N–H and O–H groups in total. The molecule has 0 spiro atoms. The van der Waals surface area contributed by atoms with Crippen LogP contribution in [0.15, 0.2) is 74.5 Å². The fourth-order valence-electron chi connectivity index (χ4n) is 3.47. The molecule has 0 unspecified atom stereocenters. The minimum absolute atomic E-state index is 0.197. The second-order valence-electron chi connectivity index (χ2n) is 7.88. The highest BCUT2D eigenvalue weighted by atomic mass is 79.9. The first kappa shape index (κ1) is 27.1. The summed E-state index contributed by atoms with van der Waals surface area (Å²) in [5.41, 5.74) is 1.80. The number of hydrogen-bond donors (Lipinski definition) is 0. The van der Waals surface area contributed by atoms with Gasteiger partial charge in [0.1, 0.15) is 12.4 Å². The molecular weight excluding hydrogens is 629 g/mol. The van der Waals surface area contributed by atoms with Crippen molar-refractivity contribution in [3.8, 4) is 11.5 Å². The minimum Gasteiger partial charge on any atom is -0.490 e. The number of amides is 2. The molecule has 37 heavy (non-hydrogen) atoms. The number of ether oxygens (including phenoxy) is 2. The van der Waals surface area contributed by atoms with E-state index in [1.807, 2.05) is 6.92 Å². The van der Waals surface area contributed by atoms with Gasteiger partial charge in [0.2, 0.25) is 0 Å². The van der Waals surface area contributed by atoms with Crippen molar-refractivity contribution in [1.82, 2.24) is 4.90 Å². The smallest absolute Gasteiger partial charge is 0.293 e. The number of carbonyl (C=O) groups is 3. The summed E-state index contributed by atoms with van der Waals surface area (Å²) >= 11 is 7.58. The average molecular weight is 649 g/mol. The molecule has 1 fully saturated rings. The maximum absolute atomic E-state index is 13.2. The molecule has 6 nitrogen and oxygen atoms in total. The van der Waals surface area contributed by atoms with Crippen molar-refractivity contribution < 1.29 is 28.2 Å². The molecule has 3 aromatic rings. The van der Waals surface area contributed by atoms with Gasteiger partial charge in [0.25, 0.3) is 11.1 Å². The maximum Gasteiger partial charge on any atom is 0.293 e. The summed E-state index contributed by atoms with van der Waals surface area (Å²) in [6, 6.07) is 16.1. The third-order valence-electron chi connectivity index (χ3n) is 5.27. The second kappa shape index (κ2) is 12.1. The molecule has 1 aliphatic heterocycles. The number of Topliss-reactive ketones (excluding diaryl/α,β-unsaturated/α-hetero) is 1. The van der Waals surface area contributed by atoms with E-state index in [1.54, 1.807) is 54.6 Å². The third-order valence-corrected chi connectivity index (χ3v) is 7.29. The van der Waals surface area contributed by atoms with Gasteiger partial charge in [-0.2, -0.15) is 0 Å². The SMILES string of the molecule is CCOc1cc(/C=C2\SC(=O)N(CC(=O)c3ccc(Br)cc3)C2=O)cc(Br)c1OCc1ccc(F)cc1. The van der Waals surface area contributed by atoms with Crippen LogP contribution in [-0.2, 0) is 11.4 Å². The highest BCUT2D eigenvalue weighted by Gasteiger charge is 2.36. The zero-order valence-corrected chi connectivity index (χ0v) is 23.5. The van der Waals surface area contributed by atoms with Gasteiger partial charge in [0.15, 0.2) is 17.3 Å². The Kier molecular flexibility index (Phi) is 8.83. The number of rotatable bonds is 9. The lowest BCUT2D eigenvalue weighted by Crippen LogP contribution is -2.33. The van der Waals surface area contributed by atoms with E-state index < -0.39 is 11.1 Å². The molecule has 3 aromatic carbocycles. The van der Waals surface area contributed by atoms with Crippen LogP contribution in [-0.4, -0.2) is 35.0 Å². The Morgan fingerprint density at radius 2 is 1.73 bits per heavy atom. The van der Waals surface area contributed by atoms with Gasteiger partial charge in [-0.25, -0.2) is 4.39 Å². The zero-order chi connectivity index (χ0) is 26.5. The van der Waals surface area contributed by atoms with Crippen molar-refractivity contribution in [3.05, 3.63) is 97.0 Å². The largest absolute Gasteiger partial charge is 0.490 e. The number of benzene rings is 3. The van der Waals surface area contributed by atoms with Crippen LogP contribution >= 0.6 is 43.6 Å². The van der Waals surface area contributed by atoms with Crippen molar-refractivity contribution in [2.24, 2.45) is 0 Å². The van der Waals surface area contributed by atoms with Crippen molar-refractivity contribution in [2.45, 2.75) is 13.5 Å². The number of halogens is 3. The van der Waals surface area contributed by atoms with E-state index in [0.717, 1.165) is 26.7 Å². The Balaban J connectivity index is 1.52. The molecule has 1 aliphatic rings. The first-order valence-electron chi connectivity index (χ1n) is 11.1. The number of carbonyl (C=O) groups excluding carboxylic acids is 3. The van der Waals surface area contributed by atoms with Crippen LogP contribution in [0.3, 0.4) is 0 Å². The number of thioether (sulfide) groups is 1. The molecule has 0 saturated carbocycles. The molecule has 1 saturated heterocycles. The summed E-state index contributed by atoms with van der Waals surface area (Å²) in [5, 5.41) is -0.509. The molecule has 0 radical (unpaired) electrons. The molecule has 1 heterocycles. The van der Waals surface area contributed by atoms with Gasteiger partial charge in [-0.05, 0) is 88.2 Å². The maximum atomic E-state index is 13.2. The van der Waals surface area contributed by atoms with Crippen molar-refractivity contribution in [3.63, 3.8) is 0 Å². The van der Waals surface area contributed by atoms with Gasteiger partial charge in [-0.1, -0.05) is 40.2 Å². The summed E-state index contributed by atoms with van der Waals surface area (Å²) in [7, 11) is 0. The van der Waals surface area contributed by atoms with E-state index in [4.69, 9.17) is 9.47 Å². The Morgan fingerprint density at radius 1 is 1.03 bits per heavy atom. The van der Waals surface area contributed by atoms with Crippen molar-refractivity contribution in [1.29, 1.82) is 0 Å². The number of ketones is 1. The summed E-state index contributed by atoms with van der Waals surface area (Å²) in [4.78, 5) is 39.2. The Hall–Kier alpha value is -2.95. The van der Waals surface area contributed by atoms with E-state index in [2.05, 4.69) is 31.9 Å². The molecule has 0 atom stereocenters. The van der Waals surface area contributed by atoms with Crippen LogP contribution in [0.2, 0.25) is 0 Å². The fraction of sp³-hybridized carbons (Fsp3) is 0.148. The monoisotopic (exact) mass is 647 g/mol. The van der Waals surface area contributed by atoms with E-state index in [1.165, 1.54) is 12.1 Å². The number of nitrogens with zero attached hydrogens (tertiary/aromatic N) is 1. The average Bonchev–Trinajstić information content (AvgIpc) is 3.12. The number of imide groups is 1. The van der Waals surface area contributed by atoms with Crippen LogP contribution < -0.4 is 9.47 Å². The Labute approximate surface area is 234 Å². The van der Waals surface area contributed by atoms with E-state index >= 15 is 0 Å². The zero-order valence-electron chi connectivity index (χ0n) is 19.5. The normalized spacial score (nSPS) is 14.4. The summed E-state index contributed by atoms with van der Waals surface area (Å²) in [5.74, 6) is -0.302. The summed E-state index contributed by atoms with van der Waals surface area (Å²) in [6.45, 7) is 2.06. The van der Waals surface area contributed by atoms with Gasteiger partial charge in [-0.3, -0.25) is 19.3 Å². The third kappa shape index (κ3) is 6.68. The van der Waals surface area contributed by atoms with Crippen LogP contribution in [0.1, 0.15) is 28.4 Å². The van der Waals surface area contributed by atoms with Crippen molar-refractivity contribution in [2.75, 3.05) is 13.2 Å². The van der Waals surface area contributed by atoms with E-state index in [9.17, 15) is 18.8 Å². The fourth-order valence-corrected chi connectivity index (χ4v) is 5.15. The van der Waals surface area contributed by atoms with Gasteiger partial charge in [0, 0.05) is 10.0 Å². The van der Waals surface area contributed by atoms with Gasteiger partial charge < -0.3 is 9.47 Å². The topological polar surface area (TPSA) is 72.9 Å². The lowest BCUT2D eigenvalue weighted by Gasteiger charge is -2.15. The molecule has 0 aliphatic carbocycles. The van der Waals surface area contributed by atoms with Crippen LogP contribution in [0.5, 0.6) is 11.5 Å². The lowest BCUT2D eigenvalue weighted by molar-refractivity contribution is -0.122. The molecule has 4 rings (SSSR count). The van der Waals surface area contributed by atoms with Gasteiger partial charge in [0.05, 0.1) is 22.5 Å². The Morgan fingerprint density at radius 3 is 2.41 bits per heavy atom. The van der Waals surface area contributed by atoms with Crippen molar-refractivity contribution >= 4 is 66.6 Å². The standard InChI is InChI=1S/C27H20Br2FNO5S/c1-2-35-23-12-17(11-21(29)25(23)36-15-16-3-9-20(30)10-4-16)13-24-26(33)31(27(34)37-24)14-22(32)18-5-7-19(28)8-6-18/h3-13H,2,14-15H2,1H3/b24-13-.